The Balaban J connectivity index is 2.23. The van der Waals surface area contributed by atoms with Crippen molar-refractivity contribution in [2.45, 2.75) is 23.8 Å². The van der Waals surface area contributed by atoms with E-state index in [0.29, 0.717) is 0 Å². The number of hydrogen-bond donors (Lipinski definition) is 1. The van der Waals surface area contributed by atoms with Gasteiger partial charge in [0.05, 0.1) is 4.90 Å². The summed E-state index contributed by atoms with van der Waals surface area (Å²) in [5.74, 6) is 0. The van der Waals surface area contributed by atoms with E-state index in [1.54, 1.807) is 7.05 Å². The van der Waals surface area contributed by atoms with Gasteiger partial charge in [0.25, 0.3) is 0 Å². The number of hydrogen-bond acceptors (Lipinski definition) is 4. The van der Waals surface area contributed by atoms with E-state index in [9.17, 15) is 13.2 Å². The van der Waals surface area contributed by atoms with E-state index in [1.165, 1.54) is 22.6 Å². The van der Waals surface area contributed by atoms with Gasteiger partial charge in [-0.25, -0.2) is 8.42 Å². The first kappa shape index (κ1) is 14.2. The van der Waals surface area contributed by atoms with Crippen LogP contribution in [0.5, 0.6) is 0 Å². The van der Waals surface area contributed by atoms with Crippen LogP contribution in [0.2, 0.25) is 0 Å². The molecule has 0 saturated carbocycles. The van der Waals surface area contributed by atoms with E-state index in [1.807, 2.05) is 7.05 Å². The lowest BCUT2D eigenvalue weighted by Crippen LogP contribution is -2.47. The summed E-state index contributed by atoms with van der Waals surface area (Å²) in [6, 6.07) is 2.56. The summed E-state index contributed by atoms with van der Waals surface area (Å²) < 4.78 is 26.3. The van der Waals surface area contributed by atoms with Crippen molar-refractivity contribution in [2.75, 3.05) is 27.2 Å². The van der Waals surface area contributed by atoms with Crippen LogP contribution in [0.25, 0.3) is 0 Å². The van der Waals surface area contributed by atoms with Crippen molar-refractivity contribution in [1.29, 1.82) is 0 Å². The maximum atomic E-state index is 12.4. The van der Waals surface area contributed by atoms with E-state index in [-0.39, 0.29) is 16.5 Å². The monoisotopic (exact) mass is 285 g/mol. The molecule has 2 heterocycles. The van der Waals surface area contributed by atoms with Crippen molar-refractivity contribution in [1.82, 2.24) is 14.2 Å². The smallest absolute Gasteiger partial charge is 0.247 e. The topological polar surface area (TPSA) is 73.5 Å². The largest absolute Gasteiger partial charge is 0.328 e. The number of sulfonamides is 1. The second kappa shape index (κ2) is 5.44. The first-order valence-electron chi connectivity index (χ1n) is 6.26. The summed E-state index contributed by atoms with van der Waals surface area (Å²) in [6.45, 7) is 1.74. The Morgan fingerprint density at radius 3 is 2.74 bits per heavy atom. The molecule has 1 atom stereocenters. The fourth-order valence-electron chi connectivity index (χ4n) is 2.36. The number of rotatable bonds is 3. The first-order chi connectivity index (χ1) is 8.91. The Labute approximate surface area is 113 Å². The van der Waals surface area contributed by atoms with E-state index < -0.39 is 10.0 Å². The second-order valence-corrected chi connectivity index (χ2v) is 6.97. The number of H-pyrrole nitrogens is 1. The third kappa shape index (κ3) is 3.05. The van der Waals surface area contributed by atoms with Crippen molar-refractivity contribution in [3.63, 3.8) is 0 Å². The lowest BCUT2D eigenvalue weighted by Gasteiger charge is -2.35. The molecule has 1 unspecified atom stereocenters. The SMILES string of the molecule is CN1CCCC(N(C)S(=O)(=O)c2ccc(=O)[nH]c2)C1. The standard InChI is InChI=1S/C12H19N3O3S/c1-14-7-3-4-10(9-14)15(2)19(17,18)11-5-6-12(16)13-8-11/h5-6,8,10H,3-4,7,9H2,1-2H3,(H,13,16). The van der Waals surface area contributed by atoms with Crippen LogP contribution in [0.3, 0.4) is 0 Å². The van der Waals surface area contributed by atoms with Crippen molar-refractivity contribution >= 4 is 10.0 Å². The number of piperidine rings is 1. The van der Waals surface area contributed by atoms with Gasteiger partial charge in [-0.3, -0.25) is 4.79 Å². The van der Waals surface area contributed by atoms with Crippen LogP contribution in [0.1, 0.15) is 12.8 Å². The molecule has 0 aliphatic carbocycles. The third-order valence-electron chi connectivity index (χ3n) is 3.55. The van der Waals surface area contributed by atoms with Crippen LogP contribution in [0.15, 0.2) is 28.0 Å². The van der Waals surface area contributed by atoms with Crippen LogP contribution in [0.4, 0.5) is 0 Å². The molecular formula is C12H19N3O3S. The Hall–Kier alpha value is -1.18. The number of pyridine rings is 1. The van der Waals surface area contributed by atoms with E-state index >= 15 is 0 Å². The van der Waals surface area contributed by atoms with Crippen LogP contribution < -0.4 is 5.56 Å². The van der Waals surface area contributed by atoms with Crippen molar-refractivity contribution in [3.05, 3.63) is 28.7 Å². The Morgan fingerprint density at radius 2 is 2.16 bits per heavy atom. The highest BCUT2D eigenvalue weighted by Crippen LogP contribution is 2.20. The summed E-state index contributed by atoms with van der Waals surface area (Å²) >= 11 is 0. The fourth-order valence-corrected chi connectivity index (χ4v) is 3.70. The molecule has 1 N–H and O–H groups in total. The minimum absolute atomic E-state index is 0.0179. The second-order valence-electron chi connectivity index (χ2n) is 4.97. The molecule has 0 aromatic carbocycles. The van der Waals surface area contributed by atoms with Crippen LogP contribution in [0, 0.1) is 0 Å². The zero-order chi connectivity index (χ0) is 14.0. The van der Waals surface area contributed by atoms with Gasteiger partial charge in [0.2, 0.25) is 15.6 Å². The van der Waals surface area contributed by atoms with Crippen molar-refractivity contribution in [3.8, 4) is 0 Å². The molecule has 6 nitrogen and oxygen atoms in total. The molecule has 106 valence electrons. The van der Waals surface area contributed by atoms with Crippen LogP contribution in [-0.2, 0) is 10.0 Å². The van der Waals surface area contributed by atoms with E-state index in [4.69, 9.17) is 0 Å². The molecule has 2 rings (SSSR count). The molecule has 1 aliphatic heterocycles. The molecule has 1 aromatic rings. The Kier molecular flexibility index (Phi) is 4.07. The van der Waals surface area contributed by atoms with E-state index in [0.717, 1.165) is 25.9 Å². The molecular weight excluding hydrogens is 266 g/mol. The zero-order valence-corrected chi connectivity index (χ0v) is 12.0. The Bertz CT molecular complexity index is 576. The van der Waals surface area contributed by atoms with Gasteiger partial charge in [0.15, 0.2) is 0 Å². The molecule has 1 fully saturated rings. The predicted octanol–water partition coefficient (Wildman–Crippen LogP) is 0.0896. The van der Waals surface area contributed by atoms with Crippen molar-refractivity contribution < 1.29 is 8.42 Å². The number of nitrogens with one attached hydrogen (secondary N) is 1. The number of likely N-dealkylation sites (tertiary alicyclic amines) is 1. The summed E-state index contributed by atoms with van der Waals surface area (Å²) in [7, 11) is 0.0519. The molecule has 0 radical (unpaired) electrons. The van der Waals surface area contributed by atoms with Gasteiger partial charge in [0.1, 0.15) is 0 Å². The normalized spacial score (nSPS) is 21.7. The molecule has 0 spiro atoms. The molecule has 1 aromatic heterocycles. The highest BCUT2D eigenvalue weighted by Gasteiger charge is 2.30. The van der Waals surface area contributed by atoms with E-state index in [2.05, 4.69) is 9.88 Å². The van der Waals surface area contributed by atoms with Gasteiger partial charge in [-0.15, -0.1) is 0 Å². The molecule has 0 amide bonds. The van der Waals surface area contributed by atoms with Crippen LogP contribution in [-0.4, -0.2) is 55.8 Å². The quantitative estimate of drug-likeness (QED) is 0.854. The van der Waals surface area contributed by atoms with Crippen LogP contribution >= 0.6 is 0 Å². The summed E-state index contributed by atoms with van der Waals surface area (Å²) in [6.07, 6.45) is 3.11. The average molecular weight is 285 g/mol. The number of aromatic amines is 1. The summed E-state index contributed by atoms with van der Waals surface area (Å²) in [4.78, 5) is 15.7. The molecule has 19 heavy (non-hydrogen) atoms. The minimum atomic E-state index is -3.54. The van der Waals surface area contributed by atoms with Gasteiger partial charge in [-0.2, -0.15) is 4.31 Å². The summed E-state index contributed by atoms with van der Waals surface area (Å²) in [5, 5.41) is 0. The highest BCUT2D eigenvalue weighted by molar-refractivity contribution is 7.89. The molecule has 7 heteroatoms. The highest BCUT2D eigenvalue weighted by atomic mass is 32.2. The van der Waals surface area contributed by atoms with Gasteiger partial charge >= 0.3 is 0 Å². The van der Waals surface area contributed by atoms with Gasteiger partial charge < -0.3 is 9.88 Å². The predicted molar refractivity (Wildman–Crippen MR) is 72.5 cm³/mol. The van der Waals surface area contributed by atoms with Gasteiger partial charge in [-0.1, -0.05) is 0 Å². The maximum absolute atomic E-state index is 12.4. The zero-order valence-electron chi connectivity index (χ0n) is 11.2. The minimum Gasteiger partial charge on any atom is -0.328 e. The fraction of sp³-hybridized carbons (Fsp3) is 0.583. The lowest BCUT2D eigenvalue weighted by atomic mass is 10.1. The number of aromatic nitrogens is 1. The van der Waals surface area contributed by atoms with Gasteiger partial charge in [-0.05, 0) is 32.5 Å². The lowest BCUT2D eigenvalue weighted by molar-refractivity contribution is 0.187. The molecule has 1 saturated heterocycles. The Morgan fingerprint density at radius 1 is 1.42 bits per heavy atom. The maximum Gasteiger partial charge on any atom is 0.247 e. The third-order valence-corrected chi connectivity index (χ3v) is 5.45. The first-order valence-corrected chi connectivity index (χ1v) is 7.70. The molecule has 0 bridgehead atoms. The number of likely N-dealkylation sites (N-methyl/N-ethyl adjacent to an activating group) is 2. The average Bonchev–Trinajstić information content (AvgIpc) is 2.38. The van der Waals surface area contributed by atoms with Crippen molar-refractivity contribution in [2.24, 2.45) is 0 Å². The number of nitrogens with zero attached hydrogens (tertiary/aromatic N) is 2. The summed E-state index contributed by atoms with van der Waals surface area (Å²) in [5.41, 5.74) is -0.306. The molecule has 1 aliphatic rings. The van der Waals surface area contributed by atoms with Gasteiger partial charge in [0, 0.05) is 31.9 Å².